The molecule has 0 spiro atoms. The van der Waals surface area contributed by atoms with E-state index >= 15 is 0 Å². The summed E-state index contributed by atoms with van der Waals surface area (Å²) in [4.78, 5) is 18.3. The highest BCUT2D eigenvalue weighted by Crippen LogP contribution is 2.32. The van der Waals surface area contributed by atoms with Gasteiger partial charge in [0, 0.05) is 23.5 Å². The Labute approximate surface area is 97.4 Å². The first-order chi connectivity index (χ1) is 8.24. The lowest BCUT2D eigenvalue weighted by molar-refractivity contribution is 0.416. The van der Waals surface area contributed by atoms with E-state index < -0.39 is 0 Å². The fourth-order valence-electron chi connectivity index (χ4n) is 1.46. The molecule has 2 N–H and O–H groups in total. The summed E-state index contributed by atoms with van der Waals surface area (Å²) in [5.74, 6) is 0.808. The summed E-state index contributed by atoms with van der Waals surface area (Å²) < 4.78 is 5.20. The summed E-state index contributed by atoms with van der Waals surface area (Å²) in [5, 5.41) is 2.88. The number of hydrogen-bond donors (Lipinski definition) is 1. The Balaban J connectivity index is 2.55. The lowest BCUT2D eigenvalue weighted by Crippen LogP contribution is -1.94. The van der Waals surface area contributed by atoms with Crippen molar-refractivity contribution in [2.45, 2.75) is 0 Å². The summed E-state index contributed by atoms with van der Waals surface area (Å²) in [6, 6.07) is 4.86. The van der Waals surface area contributed by atoms with Crippen molar-refractivity contribution in [2.75, 3.05) is 12.8 Å². The molecule has 0 aliphatic heterocycles. The van der Waals surface area contributed by atoms with Crippen molar-refractivity contribution in [1.29, 1.82) is 0 Å². The van der Waals surface area contributed by atoms with Crippen LogP contribution in [0.3, 0.4) is 0 Å². The number of nitrogens with zero attached hydrogens (tertiary/aromatic N) is 3. The van der Waals surface area contributed by atoms with Crippen LogP contribution in [-0.2, 0) is 0 Å². The summed E-state index contributed by atoms with van der Waals surface area (Å²) in [6.07, 6.45) is 3.13. The van der Waals surface area contributed by atoms with Gasteiger partial charge in [-0.2, -0.15) is 0 Å². The van der Waals surface area contributed by atoms with E-state index in [-0.39, 0.29) is 5.95 Å². The minimum absolute atomic E-state index is 0.192. The van der Waals surface area contributed by atoms with Gasteiger partial charge in [-0.15, -0.1) is 4.91 Å². The standard InChI is InChI=1S/C11H10N4O2/c1-17-10-3-2-8(15-16)4-9(10)7-5-13-11(12)14-6-7/h2-6H,1H3,(H2,12,13,14). The van der Waals surface area contributed by atoms with Crippen LogP contribution in [0.2, 0.25) is 0 Å². The average Bonchev–Trinajstić information content (AvgIpc) is 2.39. The van der Waals surface area contributed by atoms with Gasteiger partial charge in [-0.1, -0.05) is 0 Å². The van der Waals surface area contributed by atoms with Gasteiger partial charge in [0.15, 0.2) is 0 Å². The van der Waals surface area contributed by atoms with Crippen LogP contribution in [0.25, 0.3) is 11.1 Å². The predicted octanol–water partition coefficient (Wildman–Crippen LogP) is 2.13. The molecular weight excluding hydrogens is 220 g/mol. The minimum Gasteiger partial charge on any atom is -0.496 e. The molecule has 0 radical (unpaired) electrons. The largest absolute Gasteiger partial charge is 0.496 e. The number of nitrogens with two attached hydrogens (primary N) is 1. The van der Waals surface area contributed by atoms with Gasteiger partial charge < -0.3 is 10.5 Å². The smallest absolute Gasteiger partial charge is 0.219 e. The number of rotatable bonds is 3. The summed E-state index contributed by atoms with van der Waals surface area (Å²) >= 11 is 0. The molecule has 0 aliphatic carbocycles. The molecule has 6 heteroatoms. The van der Waals surface area contributed by atoms with Gasteiger partial charge in [0.1, 0.15) is 11.4 Å². The molecule has 0 saturated carbocycles. The van der Waals surface area contributed by atoms with Crippen molar-refractivity contribution in [3.8, 4) is 16.9 Å². The third kappa shape index (κ3) is 2.20. The molecule has 1 aromatic heterocycles. The average molecular weight is 230 g/mol. The van der Waals surface area contributed by atoms with Gasteiger partial charge in [-0.05, 0) is 23.4 Å². The van der Waals surface area contributed by atoms with Crippen molar-refractivity contribution in [3.05, 3.63) is 35.5 Å². The van der Waals surface area contributed by atoms with E-state index in [2.05, 4.69) is 15.1 Å². The highest BCUT2D eigenvalue weighted by Gasteiger charge is 2.08. The van der Waals surface area contributed by atoms with Gasteiger partial charge >= 0.3 is 0 Å². The minimum atomic E-state index is 0.192. The second-order valence-electron chi connectivity index (χ2n) is 3.31. The van der Waals surface area contributed by atoms with Gasteiger partial charge in [0.2, 0.25) is 5.95 Å². The van der Waals surface area contributed by atoms with Crippen LogP contribution >= 0.6 is 0 Å². The monoisotopic (exact) mass is 230 g/mol. The van der Waals surface area contributed by atoms with E-state index in [9.17, 15) is 4.91 Å². The fourth-order valence-corrected chi connectivity index (χ4v) is 1.46. The Hall–Kier alpha value is -2.50. The number of nitrogen functional groups attached to an aromatic ring is 1. The third-order valence-corrected chi connectivity index (χ3v) is 2.27. The second-order valence-corrected chi connectivity index (χ2v) is 3.31. The number of benzene rings is 1. The zero-order valence-electron chi connectivity index (χ0n) is 9.12. The maximum absolute atomic E-state index is 10.5. The third-order valence-electron chi connectivity index (χ3n) is 2.27. The molecule has 2 rings (SSSR count). The maximum atomic E-state index is 10.5. The Morgan fingerprint density at radius 1 is 1.29 bits per heavy atom. The molecule has 0 fully saturated rings. The van der Waals surface area contributed by atoms with Crippen LogP contribution in [0.5, 0.6) is 5.75 Å². The fraction of sp³-hybridized carbons (Fsp3) is 0.0909. The molecule has 1 heterocycles. The van der Waals surface area contributed by atoms with Gasteiger partial charge in [-0.3, -0.25) is 0 Å². The van der Waals surface area contributed by atoms with Crippen LogP contribution in [0.1, 0.15) is 0 Å². The van der Waals surface area contributed by atoms with E-state index in [4.69, 9.17) is 10.5 Å². The van der Waals surface area contributed by atoms with Crippen LogP contribution in [-0.4, -0.2) is 17.1 Å². The molecule has 0 amide bonds. The van der Waals surface area contributed by atoms with E-state index in [0.717, 1.165) is 0 Å². The number of aromatic nitrogens is 2. The number of ether oxygens (including phenoxy) is 1. The first-order valence-electron chi connectivity index (χ1n) is 4.84. The normalized spacial score (nSPS) is 9.94. The molecule has 86 valence electrons. The van der Waals surface area contributed by atoms with Gasteiger partial charge in [-0.25, -0.2) is 9.97 Å². The van der Waals surface area contributed by atoms with E-state index in [1.54, 1.807) is 37.7 Å². The number of methoxy groups -OCH3 is 1. The Morgan fingerprint density at radius 3 is 2.59 bits per heavy atom. The Bertz CT molecular complexity index is 540. The molecule has 0 atom stereocenters. The predicted molar refractivity (Wildman–Crippen MR) is 63.9 cm³/mol. The van der Waals surface area contributed by atoms with E-state index in [0.29, 0.717) is 22.6 Å². The molecule has 6 nitrogen and oxygen atoms in total. The van der Waals surface area contributed by atoms with Gasteiger partial charge in [0.25, 0.3) is 0 Å². The zero-order valence-corrected chi connectivity index (χ0v) is 9.12. The topological polar surface area (TPSA) is 90.5 Å². The summed E-state index contributed by atoms with van der Waals surface area (Å²) in [6.45, 7) is 0. The summed E-state index contributed by atoms with van der Waals surface area (Å²) in [5.41, 5.74) is 7.14. The first-order valence-corrected chi connectivity index (χ1v) is 4.84. The Kier molecular flexibility index (Phi) is 2.95. The van der Waals surface area contributed by atoms with Crippen molar-refractivity contribution < 1.29 is 4.74 Å². The zero-order chi connectivity index (χ0) is 12.3. The van der Waals surface area contributed by atoms with Crippen molar-refractivity contribution in [1.82, 2.24) is 9.97 Å². The lowest BCUT2D eigenvalue weighted by Gasteiger charge is -2.08. The van der Waals surface area contributed by atoms with Crippen molar-refractivity contribution >= 4 is 11.6 Å². The molecular formula is C11H10N4O2. The molecule has 0 unspecified atom stereocenters. The number of nitroso groups, excluding NO2 is 1. The van der Waals surface area contributed by atoms with E-state index in [1.807, 2.05) is 0 Å². The van der Waals surface area contributed by atoms with Crippen LogP contribution in [0.4, 0.5) is 11.6 Å². The Morgan fingerprint density at radius 2 is 2.00 bits per heavy atom. The van der Waals surface area contributed by atoms with Crippen molar-refractivity contribution in [3.63, 3.8) is 0 Å². The van der Waals surface area contributed by atoms with Crippen LogP contribution < -0.4 is 10.5 Å². The quantitative estimate of drug-likeness (QED) is 0.815. The van der Waals surface area contributed by atoms with Crippen molar-refractivity contribution in [2.24, 2.45) is 5.18 Å². The number of hydrogen-bond acceptors (Lipinski definition) is 6. The molecule has 0 aliphatic rings. The molecule has 0 saturated heterocycles. The molecule has 0 bridgehead atoms. The maximum Gasteiger partial charge on any atom is 0.219 e. The molecule has 2 aromatic rings. The highest BCUT2D eigenvalue weighted by molar-refractivity contribution is 5.72. The van der Waals surface area contributed by atoms with Gasteiger partial charge in [0.05, 0.1) is 7.11 Å². The van der Waals surface area contributed by atoms with E-state index in [1.165, 1.54) is 0 Å². The lowest BCUT2D eigenvalue weighted by atomic mass is 10.1. The van der Waals surface area contributed by atoms with Crippen LogP contribution in [0, 0.1) is 4.91 Å². The summed E-state index contributed by atoms with van der Waals surface area (Å²) in [7, 11) is 1.55. The second kappa shape index (κ2) is 4.56. The molecule has 17 heavy (non-hydrogen) atoms. The first kappa shape index (κ1) is 11.0. The SMILES string of the molecule is COc1ccc(N=O)cc1-c1cnc(N)nc1. The number of anilines is 1. The molecule has 1 aromatic carbocycles. The van der Waals surface area contributed by atoms with Crippen LogP contribution in [0.15, 0.2) is 35.8 Å². The highest BCUT2D eigenvalue weighted by atomic mass is 16.5.